The van der Waals surface area contributed by atoms with Gasteiger partial charge >= 0.3 is 5.69 Å². The van der Waals surface area contributed by atoms with Crippen LogP contribution in [0.15, 0.2) is 17.1 Å². The van der Waals surface area contributed by atoms with Crippen LogP contribution in [0.4, 0.5) is 5.82 Å². The second-order valence-electron chi connectivity index (χ2n) is 3.24. The summed E-state index contributed by atoms with van der Waals surface area (Å²) in [4.78, 5) is 16.8. The molecule has 1 rings (SSSR count). The Morgan fingerprint density at radius 1 is 1.47 bits per heavy atom. The van der Waals surface area contributed by atoms with Crippen molar-refractivity contribution in [3.8, 4) is 0 Å². The molecule has 0 aliphatic heterocycles. The van der Waals surface area contributed by atoms with E-state index in [-0.39, 0.29) is 0 Å². The molecular formula is C10H16N4O. The molecule has 0 spiro atoms. The van der Waals surface area contributed by atoms with Gasteiger partial charge in [-0.2, -0.15) is 0 Å². The number of nitrogens with two attached hydrogens (primary N) is 2. The minimum Gasteiger partial charge on any atom is -0.385 e. The molecule has 5 N–H and O–H groups in total. The van der Waals surface area contributed by atoms with E-state index >= 15 is 0 Å². The van der Waals surface area contributed by atoms with Crippen LogP contribution >= 0.6 is 0 Å². The minimum atomic E-state index is -0.423. The van der Waals surface area contributed by atoms with Crippen molar-refractivity contribution in [2.45, 2.75) is 19.3 Å². The molecular weight excluding hydrogens is 192 g/mol. The second-order valence-corrected chi connectivity index (χ2v) is 3.24. The molecule has 0 atom stereocenters. The van der Waals surface area contributed by atoms with Gasteiger partial charge in [0, 0.05) is 11.8 Å². The normalized spacial score (nSPS) is 11.0. The molecule has 1 heterocycles. The van der Waals surface area contributed by atoms with Gasteiger partial charge in [-0.25, -0.2) is 9.78 Å². The van der Waals surface area contributed by atoms with E-state index in [0.717, 1.165) is 31.4 Å². The number of rotatable bonds is 5. The number of H-pyrrole nitrogens is 1. The van der Waals surface area contributed by atoms with Crippen molar-refractivity contribution in [1.82, 2.24) is 9.97 Å². The highest BCUT2D eigenvalue weighted by atomic mass is 16.1. The summed E-state index contributed by atoms with van der Waals surface area (Å²) < 4.78 is 0. The average molecular weight is 208 g/mol. The Hall–Kier alpha value is -1.62. The lowest BCUT2D eigenvalue weighted by molar-refractivity contribution is 0.759. The van der Waals surface area contributed by atoms with Crippen LogP contribution in [0, 0.1) is 0 Å². The first kappa shape index (κ1) is 11.5. The van der Waals surface area contributed by atoms with Crippen molar-refractivity contribution in [2.75, 3.05) is 12.3 Å². The van der Waals surface area contributed by atoms with Gasteiger partial charge < -0.3 is 11.5 Å². The van der Waals surface area contributed by atoms with E-state index in [2.05, 4.69) is 9.97 Å². The zero-order chi connectivity index (χ0) is 11.1. The molecule has 1 aromatic heterocycles. The van der Waals surface area contributed by atoms with Gasteiger partial charge in [-0.05, 0) is 25.8 Å². The van der Waals surface area contributed by atoms with Crippen LogP contribution < -0.4 is 17.2 Å². The van der Waals surface area contributed by atoms with E-state index in [0.29, 0.717) is 5.82 Å². The number of hydrogen-bond acceptors (Lipinski definition) is 4. The first-order chi connectivity index (χ1) is 7.24. The van der Waals surface area contributed by atoms with Crippen LogP contribution in [-0.4, -0.2) is 16.5 Å². The van der Waals surface area contributed by atoms with E-state index in [1.807, 2.05) is 12.2 Å². The Kier molecular flexibility index (Phi) is 4.56. The standard InChI is InChI=1S/C10H16N4O/c11-6-4-2-1-3-5-8-7-13-10(15)14-9(8)12/h3,5,7H,1-2,4,6,11H2,(H3,12,13,14,15)/b5-3+. The molecule has 0 fully saturated rings. The van der Waals surface area contributed by atoms with Crippen molar-refractivity contribution in [3.05, 3.63) is 28.3 Å². The summed E-state index contributed by atoms with van der Waals surface area (Å²) in [7, 11) is 0. The maximum atomic E-state index is 10.8. The maximum absolute atomic E-state index is 10.8. The maximum Gasteiger partial charge on any atom is 0.346 e. The molecule has 0 unspecified atom stereocenters. The number of nitrogens with zero attached hydrogens (tertiary/aromatic N) is 1. The molecule has 82 valence electrons. The predicted molar refractivity (Wildman–Crippen MR) is 61.2 cm³/mol. The van der Waals surface area contributed by atoms with Gasteiger partial charge in [0.25, 0.3) is 0 Å². The summed E-state index contributed by atoms with van der Waals surface area (Å²) in [5.41, 5.74) is 11.3. The lowest BCUT2D eigenvalue weighted by atomic mass is 10.2. The number of anilines is 1. The van der Waals surface area contributed by atoms with Crippen LogP contribution in [0.3, 0.4) is 0 Å². The van der Waals surface area contributed by atoms with Gasteiger partial charge in [0.05, 0.1) is 0 Å². The van der Waals surface area contributed by atoms with Crippen molar-refractivity contribution in [1.29, 1.82) is 0 Å². The molecule has 0 aliphatic rings. The first-order valence-corrected chi connectivity index (χ1v) is 4.95. The van der Waals surface area contributed by atoms with Crippen LogP contribution in [0.5, 0.6) is 0 Å². The van der Waals surface area contributed by atoms with E-state index in [1.165, 1.54) is 6.20 Å². The number of unbranched alkanes of at least 4 members (excludes halogenated alkanes) is 2. The zero-order valence-corrected chi connectivity index (χ0v) is 8.57. The first-order valence-electron chi connectivity index (χ1n) is 4.95. The predicted octanol–water partition coefficient (Wildman–Crippen LogP) is 0.494. The summed E-state index contributed by atoms with van der Waals surface area (Å²) in [5, 5.41) is 0. The molecule has 0 radical (unpaired) electrons. The molecule has 0 saturated carbocycles. The van der Waals surface area contributed by atoms with Crippen LogP contribution in [-0.2, 0) is 0 Å². The van der Waals surface area contributed by atoms with E-state index in [1.54, 1.807) is 0 Å². The number of nitrogens with one attached hydrogen (secondary N) is 1. The summed E-state index contributed by atoms with van der Waals surface area (Å²) in [6, 6.07) is 0. The zero-order valence-electron chi connectivity index (χ0n) is 8.57. The van der Waals surface area contributed by atoms with Crippen molar-refractivity contribution in [2.24, 2.45) is 5.73 Å². The number of hydrogen-bond donors (Lipinski definition) is 3. The van der Waals surface area contributed by atoms with Gasteiger partial charge in [0.1, 0.15) is 5.82 Å². The highest BCUT2D eigenvalue weighted by molar-refractivity contribution is 5.59. The number of aromatic amines is 1. The van der Waals surface area contributed by atoms with Crippen LogP contribution in [0.25, 0.3) is 6.08 Å². The van der Waals surface area contributed by atoms with Crippen LogP contribution in [0.2, 0.25) is 0 Å². The molecule has 0 bridgehead atoms. The topological polar surface area (TPSA) is 97.8 Å². The van der Waals surface area contributed by atoms with Crippen molar-refractivity contribution in [3.63, 3.8) is 0 Å². The SMILES string of the molecule is NCCCC/C=C/c1cnc(=O)[nH]c1N. The summed E-state index contributed by atoms with van der Waals surface area (Å²) >= 11 is 0. The lowest BCUT2D eigenvalue weighted by Gasteiger charge is -1.97. The Morgan fingerprint density at radius 3 is 2.93 bits per heavy atom. The highest BCUT2D eigenvalue weighted by Crippen LogP contribution is 2.07. The van der Waals surface area contributed by atoms with E-state index < -0.39 is 5.69 Å². The lowest BCUT2D eigenvalue weighted by Crippen LogP contribution is -2.12. The quantitative estimate of drug-likeness (QED) is 0.613. The summed E-state index contributed by atoms with van der Waals surface area (Å²) in [6.07, 6.45) is 8.35. The molecule has 0 aromatic carbocycles. The third-order valence-corrected chi connectivity index (χ3v) is 2.00. The Bertz CT molecular complexity index is 383. The third-order valence-electron chi connectivity index (χ3n) is 2.00. The second kappa shape index (κ2) is 5.98. The molecule has 5 nitrogen and oxygen atoms in total. The fourth-order valence-corrected chi connectivity index (χ4v) is 1.17. The van der Waals surface area contributed by atoms with Crippen molar-refractivity contribution >= 4 is 11.9 Å². The Morgan fingerprint density at radius 2 is 2.27 bits per heavy atom. The summed E-state index contributed by atoms with van der Waals surface area (Å²) in [5.74, 6) is 0.352. The van der Waals surface area contributed by atoms with E-state index in [9.17, 15) is 4.79 Å². The fourth-order valence-electron chi connectivity index (χ4n) is 1.17. The fraction of sp³-hybridized carbons (Fsp3) is 0.400. The van der Waals surface area contributed by atoms with E-state index in [4.69, 9.17) is 11.5 Å². The minimum absolute atomic E-state index is 0.352. The average Bonchev–Trinajstić information content (AvgIpc) is 2.20. The molecule has 0 aliphatic carbocycles. The summed E-state index contributed by atoms with van der Waals surface area (Å²) in [6.45, 7) is 0.718. The van der Waals surface area contributed by atoms with Gasteiger partial charge in [0.2, 0.25) is 0 Å². The Labute approximate surface area is 88.2 Å². The van der Waals surface area contributed by atoms with Gasteiger partial charge in [0.15, 0.2) is 0 Å². The van der Waals surface area contributed by atoms with Gasteiger partial charge in [-0.3, -0.25) is 4.98 Å². The van der Waals surface area contributed by atoms with Crippen LogP contribution in [0.1, 0.15) is 24.8 Å². The molecule has 0 amide bonds. The molecule has 0 saturated heterocycles. The number of aromatic nitrogens is 2. The number of allylic oxidation sites excluding steroid dienone is 1. The molecule has 1 aromatic rings. The third kappa shape index (κ3) is 3.95. The largest absolute Gasteiger partial charge is 0.385 e. The van der Waals surface area contributed by atoms with Crippen molar-refractivity contribution < 1.29 is 0 Å². The van der Waals surface area contributed by atoms with Gasteiger partial charge in [-0.1, -0.05) is 12.2 Å². The Balaban J connectivity index is 2.53. The smallest absolute Gasteiger partial charge is 0.346 e. The molecule has 5 heteroatoms. The monoisotopic (exact) mass is 208 g/mol. The number of nitrogen functional groups attached to an aromatic ring is 1. The van der Waals surface area contributed by atoms with Gasteiger partial charge in [-0.15, -0.1) is 0 Å². The highest BCUT2D eigenvalue weighted by Gasteiger charge is 1.95. The molecule has 15 heavy (non-hydrogen) atoms.